The third-order valence-corrected chi connectivity index (χ3v) is 6.03. The lowest BCUT2D eigenvalue weighted by atomic mass is 9.98. The van der Waals surface area contributed by atoms with Crippen molar-refractivity contribution in [2.45, 2.75) is 59.7 Å². The third kappa shape index (κ3) is 6.57. The summed E-state index contributed by atoms with van der Waals surface area (Å²) in [6.07, 6.45) is 7.54. The van der Waals surface area contributed by atoms with Crippen LogP contribution in [0.3, 0.4) is 0 Å². The van der Waals surface area contributed by atoms with Gasteiger partial charge in [0.05, 0.1) is 10.7 Å². The molecular weight excluding hydrogens is 449 g/mol. The molecule has 3 rings (SSSR count). The highest BCUT2D eigenvalue weighted by Crippen LogP contribution is 2.34. The second kappa shape index (κ2) is 10.6. The van der Waals surface area contributed by atoms with Crippen LogP contribution in [0, 0.1) is 5.92 Å². The number of nitrogens with zero attached hydrogens (tertiary/aromatic N) is 1. The summed E-state index contributed by atoms with van der Waals surface area (Å²) in [5.41, 5.74) is 3.86. The van der Waals surface area contributed by atoms with Crippen LogP contribution in [-0.2, 0) is 6.54 Å². The number of hydrogen-bond acceptors (Lipinski definition) is 3. The normalized spacial score (nSPS) is 14.1. The zero-order chi connectivity index (χ0) is 25.0. The van der Waals surface area contributed by atoms with Gasteiger partial charge in [-0.3, -0.25) is 4.79 Å². The first kappa shape index (κ1) is 25.7. The number of rotatable bonds is 9. The van der Waals surface area contributed by atoms with Crippen LogP contribution in [0.2, 0.25) is 5.02 Å². The molecule has 0 atom stereocenters. The van der Waals surface area contributed by atoms with Crippen molar-refractivity contribution >= 4 is 17.2 Å². The summed E-state index contributed by atoms with van der Waals surface area (Å²) in [4.78, 5) is 20.0. The van der Waals surface area contributed by atoms with Gasteiger partial charge in [-0.25, -0.2) is 9.37 Å². The van der Waals surface area contributed by atoms with Gasteiger partial charge >= 0.3 is 0 Å². The third-order valence-electron chi connectivity index (χ3n) is 5.70. The van der Waals surface area contributed by atoms with E-state index in [1.165, 1.54) is 44.0 Å². The lowest BCUT2D eigenvalue weighted by Crippen LogP contribution is -2.17. The topological polar surface area (TPSA) is 57.8 Å². The molecule has 0 saturated heterocycles. The highest BCUT2D eigenvalue weighted by atomic mass is 35.5. The molecule has 1 aromatic carbocycles. The van der Waals surface area contributed by atoms with Crippen LogP contribution >= 0.6 is 11.6 Å². The molecule has 0 unspecified atom stereocenters. The molecule has 1 aliphatic carbocycles. The molecule has 0 bridgehead atoms. The predicted octanol–water partition coefficient (Wildman–Crippen LogP) is 7.15. The lowest BCUT2D eigenvalue weighted by Gasteiger charge is -2.16. The summed E-state index contributed by atoms with van der Waals surface area (Å²) in [5, 5.41) is 4.06. The van der Waals surface area contributed by atoms with Gasteiger partial charge in [0.2, 0.25) is 0 Å². The Morgan fingerprint density at radius 1 is 1.32 bits per heavy atom. The maximum atomic E-state index is 14.4. The first-order valence-electron chi connectivity index (χ1n) is 11.6. The maximum Gasteiger partial charge on any atom is 0.251 e. The minimum absolute atomic E-state index is 0.293. The van der Waals surface area contributed by atoms with Gasteiger partial charge in [-0.1, -0.05) is 55.8 Å². The van der Waals surface area contributed by atoms with Crippen molar-refractivity contribution in [2.24, 2.45) is 5.92 Å². The number of benzene rings is 1. The molecule has 1 aromatic heterocycles. The average molecular weight is 482 g/mol. The second-order valence-corrected chi connectivity index (χ2v) is 9.82. The van der Waals surface area contributed by atoms with Crippen molar-refractivity contribution in [1.82, 2.24) is 15.3 Å². The molecular formula is C28H33ClFN3O. The Balaban J connectivity index is 1.98. The summed E-state index contributed by atoms with van der Waals surface area (Å²) >= 11 is 6.51. The Kier molecular flexibility index (Phi) is 7.98. The van der Waals surface area contributed by atoms with Crippen LogP contribution in [0.4, 0.5) is 4.39 Å². The van der Waals surface area contributed by atoms with Crippen LogP contribution in [0.1, 0.15) is 58.7 Å². The molecule has 2 aromatic rings. The summed E-state index contributed by atoms with van der Waals surface area (Å²) in [7, 11) is 0. The Labute approximate surface area is 206 Å². The van der Waals surface area contributed by atoms with Crippen molar-refractivity contribution in [1.29, 1.82) is 0 Å². The predicted molar refractivity (Wildman–Crippen MR) is 140 cm³/mol. The quantitative estimate of drug-likeness (QED) is 0.374. The first-order valence-corrected chi connectivity index (χ1v) is 12.0. The maximum absolute atomic E-state index is 14.4. The number of aromatic nitrogens is 2. The highest BCUT2D eigenvalue weighted by Gasteiger charge is 2.21. The monoisotopic (exact) mass is 481 g/mol. The minimum Gasteiger partial charge on any atom is -0.384 e. The summed E-state index contributed by atoms with van der Waals surface area (Å²) in [5.74, 6) is 0.805. The minimum atomic E-state index is -1.59. The van der Waals surface area contributed by atoms with E-state index in [4.69, 9.17) is 11.6 Å². The van der Waals surface area contributed by atoms with Crippen LogP contribution in [0.5, 0.6) is 0 Å². The van der Waals surface area contributed by atoms with Gasteiger partial charge in [-0.15, -0.1) is 0 Å². The summed E-state index contributed by atoms with van der Waals surface area (Å²) < 4.78 is 14.4. The van der Waals surface area contributed by atoms with Crippen LogP contribution in [-0.4, -0.2) is 15.6 Å². The van der Waals surface area contributed by atoms with Gasteiger partial charge in [0.1, 0.15) is 11.5 Å². The van der Waals surface area contributed by atoms with Gasteiger partial charge in [-0.2, -0.15) is 0 Å². The molecule has 180 valence electrons. The number of aromatic amines is 1. The molecule has 0 radical (unpaired) electrons. The first-order chi connectivity index (χ1) is 16.0. The Bertz CT molecular complexity index is 1220. The molecule has 0 amide bonds. The number of H-pyrrole nitrogens is 1. The van der Waals surface area contributed by atoms with Crippen LogP contribution in [0.25, 0.3) is 17.0 Å². The van der Waals surface area contributed by atoms with Crippen LogP contribution < -0.4 is 10.9 Å². The van der Waals surface area contributed by atoms with Crippen LogP contribution in [0.15, 0.2) is 70.7 Å². The van der Waals surface area contributed by atoms with Gasteiger partial charge in [0.15, 0.2) is 0 Å². The van der Waals surface area contributed by atoms with E-state index in [9.17, 15) is 9.18 Å². The van der Waals surface area contributed by atoms with E-state index in [0.29, 0.717) is 45.7 Å². The van der Waals surface area contributed by atoms with E-state index in [1.54, 1.807) is 12.2 Å². The number of nitrogens with one attached hydrogen (secondary N) is 2. The van der Waals surface area contributed by atoms with Gasteiger partial charge in [0.25, 0.3) is 5.56 Å². The SMILES string of the molecule is C=C(/C=C(\C=C/C)c1cc(=O)[nH]c(-c2cc(CNC(=C3CC3)C(C)C)ccc2Cl)n1)C(C)(C)F. The molecule has 6 heteroatoms. The number of halogens is 2. The molecule has 0 aliphatic heterocycles. The molecule has 2 N–H and O–H groups in total. The lowest BCUT2D eigenvalue weighted by molar-refractivity contribution is 0.275. The van der Waals surface area contributed by atoms with Crippen molar-refractivity contribution in [2.75, 3.05) is 0 Å². The zero-order valence-electron chi connectivity index (χ0n) is 20.6. The van der Waals surface area contributed by atoms with Gasteiger partial charge < -0.3 is 10.3 Å². The molecule has 34 heavy (non-hydrogen) atoms. The fourth-order valence-electron chi connectivity index (χ4n) is 3.61. The van der Waals surface area contributed by atoms with Crippen molar-refractivity contribution in [3.63, 3.8) is 0 Å². The fourth-order valence-corrected chi connectivity index (χ4v) is 3.82. The average Bonchev–Trinajstić information content (AvgIpc) is 3.58. The second-order valence-electron chi connectivity index (χ2n) is 9.42. The fraction of sp³-hybridized carbons (Fsp3) is 0.357. The summed E-state index contributed by atoms with van der Waals surface area (Å²) in [6.45, 7) is 13.6. The van der Waals surface area contributed by atoms with Crippen molar-refractivity contribution in [3.05, 3.63) is 92.5 Å². The molecule has 4 nitrogen and oxygen atoms in total. The zero-order valence-corrected chi connectivity index (χ0v) is 21.3. The Morgan fingerprint density at radius 3 is 2.62 bits per heavy atom. The van der Waals surface area contributed by atoms with E-state index in [0.717, 1.165) is 5.56 Å². The number of hydrogen-bond donors (Lipinski definition) is 2. The van der Waals surface area contributed by atoms with E-state index in [2.05, 4.69) is 35.7 Å². The van der Waals surface area contributed by atoms with E-state index < -0.39 is 5.67 Å². The molecule has 1 saturated carbocycles. The van der Waals surface area contributed by atoms with E-state index >= 15 is 0 Å². The van der Waals surface area contributed by atoms with Crippen molar-refractivity contribution in [3.8, 4) is 11.4 Å². The van der Waals surface area contributed by atoms with E-state index in [-0.39, 0.29) is 5.56 Å². The molecule has 0 spiro atoms. The highest BCUT2D eigenvalue weighted by molar-refractivity contribution is 6.33. The van der Waals surface area contributed by atoms with E-state index in [1.807, 2.05) is 31.2 Å². The molecule has 1 fully saturated rings. The number of alkyl halides is 1. The number of allylic oxidation sites excluding steroid dienone is 7. The smallest absolute Gasteiger partial charge is 0.251 e. The van der Waals surface area contributed by atoms with Gasteiger partial charge in [-0.05, 0) is 68.9 Å². The Hall–Kier alpha value is -2.92. The molecule has 1 heterocycles. The largest absolute Gasteiger partial charge is 0.384 e. The standard InChI is InChI=1S/C28H33ClFN3O/c1-7-8-21(13-18(4)28(5,6)30)24-15-25(34)33-27(32-24)22-14-19(9-12-23(22)29)16-31-26(17(2)3)20-10-11-20/h7-9,12-15,17,31H,4,10-11,16H2,1-3,5-6H3,(H,32,33,34)/b8-7-,21-13+. The Morgan fingerprint density at radius 2 is 2.03 bits per heavy atom. The van der Waals surface area contributed by atoms with Gasteiger partial charge in [0, 0.05) is 29.4 Å². The van der Waals surface area contributed by atoms with Crippen molar-refractivity contribution < 1.29 is 4.39 Å². The summed E-state index contributed by atoms with van der Waals surface area (Å²) in [6, 6.07) is 7.12. The molecule has 1 aliphatic rings.